The number of nitrogen functional groups attached to an aromatic ring is 1. The zero-order valence-corrected chi connectivity index (χ0v) is 20.1. The number of piperidine rings is 1. The van der Waals surface area contributed by atoms with Crippen molar-refractivity contribution in [3.63, 3.8) is 0 Å². The van der Waals surface area contributed by atoms with Gasteiger partial charge in [-0.3, -0.25) is 4.79 Å². The van der Waals surface area contributed by atoms with Gasteiger partial charge in [0.1, 0.15) is 11.2 Å². The lowest BCUT2D eigenvalue weighted by Crippen LogP contribution is -2.45. The standard InChI is InChI=1S/C24H29F2N9O/c1-3-19(36)34-6-4-5-16(13-34)35-14-28-20-22(27)30-24(31-23(20)35)29-15-11-17(25)21(18(26)12-15)33-9-7-32(2)8-10-33/h3,11-12,14,16H,1,4-10,13H2,2H3,(H3,27,29,30,31)/t16-/m0/s1. The average Bonchev–Trinajstić information content (AvgIpc) is 3.29. The Labute approximate surface area is 207 Å². The first-order valence-corrected chi connectivity index (χ1v) is 11.9. The summed E-state index contributed by atoms with van der Waals surface area (Å²) in [7, 11) is 1.98. The van der Waals surface area contributed by atoms with Gasteiger partial charge in [0.25, 0.3) is 0 Å². The predicted octanol–water partition coefficient (Wildman–Crippen LogP) is 2.53. The van der Waals surface area contributed by atoms with Crippen LogP contribution in [0.5, 0.6) is 0 Å². The molecule has 2 saturated heterocycles. The fourth-order valence-electron chi connectivity index (χ4n) is 4.87. The van der Waals surface area contributed by atoms with Crippen molar-refractivity contribution < 1.29 is 13.6 Å². The molecule has 0 saturated carbocycles. The number of likely N-dealkylation sites (tertiary alicyclic amines) is 1. The zero-order valence-electron chi connectivity index (χ0n) is 20.1. The molecular formula is C24H29F2N9O. The smallest absolute Gasteiger partial charge is 0.246 e. The third kappa shape index (κ3) is 4.55. The fourth-order valence-corrected chi connectivity index (χ4v) is 4.87. The van der Waals surface area contributed by atoms with E-state index >= 15 is 0 Å². The van der Waals surface area contributed by atoms with E-state index in [4.69, 9.17) is 5.73 Å². The maximum absolute atomic E-state index is 15.0. The molecule has 1 aromatic carbocycles. The summed E-state index contributed by atoms with van der Waals surface area (Å²) in [5, 5.41) is 2.88. The van der Waals surface area contributed by atoms with Gasteiger partial charge in [0.15, 0.2) is 23.1 Å². The summed E-state index contributed by atoms with van der Waals surface area (Å²) in [5.41, 5.74) is 7.20. The van der Waals surface area contributed by atoms with Crippen LogP contribution in [0.2, 0.25) is 0 Å². The molecule has 0 spiro atoms. The molecule has 190 valence electrons. The van der Waals surface area contributed by atoms with Gasteiger partial charge in [0.2, 0.25) is 11.9 Å². The number of amides is 1. The zero-order chi connectivity index (χ0) is 25.4. The number of imidazole rings is 1. The van der Waals surface area contributed by atoms with Crippen LogP contribution in [-0.4, -0.2) is 81.5 Å². The summed E-state index contributed by atoms with van der Waals surface area (Å²) in [6, 6.07) is 2.42. The van der Waals surface area contributed by atoms with Crippen molar-refractivity contribution in [2.24, 2.45) is 0 Å². The minimum atomic E-state index is -0.657. The highest BCUT2D eigenvalue weighted by atomic mass is 19.1. The van der Waals surface area contributed by atoms with E-state index in [-0.39, 0.29) is 35.1 Å². The number of carbonyl (C=O) groups is 1. The first kappa shape index (κ1) is 23.9. The first-order valence-electron chi connectivity index (χ1n) is 11.9. The van der Waals surface area contributed by atoms with E-state index in [1.807, 2.05) is 11.6 Å². The number of hydrogen-bond acceptors (Lipinski definition) is 8. The van der Waals surface area contributed by atoms with Crippen LogP contribution in [0.15, 0.2) is 31.1 Å². The second kappa shape index (κ2) is 9.69. The van der Waals surface area contributed by atoms with E-state index in [0.717, 1.165) is 25.9 Å². The van der Waals surface area contributed by atoms with Gasteiger partial charge in [-0.1, -0.05) is 6.58 Å². The molecule has 36 heavy (non-hydrogen) atoms. The van der Waals surface area contributed by atoms with Gasteiger partial charge in [-0.15, -0.1) is 0 Å². The van der Waals surface area contributed by atoms with Crippen molar-refractivity contribution in [1.29, 1.82) is 0 Å². The summed E-state index contributed by atoms with van der Waals surface area (Å²) in [6.07, 6.45) is 4.61. The van der Waals surface area contributed by atoms with Gasteiger partial charge in [-0.25, -0.2) is 13.8 Å². The van der Waals surface area contributed by atoms with Crippen LogP contribution in [-0.2, 0) is 4.79 Å². The quantitative estimate of drug-likeness (QED) is 0.518. The van der Waals surface area contributed by atoms with Crippen molar-refractivity contribution >= 4 is 40.2 Å². The first-order chi connectivity index (χ1) is 17.3. The van der Waals surface area contributed by atoms with E-state index in [1.165, 1.54) is 18.2 Å². The largest absolute Gasteiger partial charge is 0.382 e. The molecule has 0 unspecified atom stereocenters. The van der Waals surface area contributed by atoms with Crippen LogP contribution in [0.4, 0.5) is 31.9 Å². The third-order valence-electron chi connectivity index (χ3n) is 6.82. The number of rotatable bonds is 5. The number of hydrogen-bond donors (Lipinski definition) is 2. The Bertz CT molecular complexity index is 1280. The van der Waals surface area contributed by atoms with E-state index < -0.39 is 11.6 Å². The Morgan fingerprint density at radius 3 is 2.58 bits per heavy atom. The SMILES string of the molecule is C=CC(=O)N1CCC[C@H](n2cnc3c(N)nc(Nc4cc(F)c(N5CCN(C)CC5)c(F)c4)nc32)C1. The number of fused-ring (bicyclic) bond motifs is 1. The van der Waals surface area contributed by atoms with E-state index in [0.29, 0.717) is 37.3 Å². The number of halogens is 2. The topological polar surface area (TPSA) is 108 Å². The van der Waals surface area contributed by atoms with Crippen molar-refractivity contribution in [1.82, 2.24) is 29.3 Å². The minimum Gasteiger partial charge on any atom is -0.382 e. The summed E-state index contributed by atoms with van der Waals surface area (Å²) in [4.78, 5) is 30.8. The number of aromatic nitrogens is 4. The monoisotopic (exact) mass is 497 g/mol. The number of carbonyl (C=O) groups excluding carboxylic acids is 1. The van der Waals surface area contributed by atoms with Crippen LogP contribution < -0.4 is 16.0 Å². The summed E-state index contributed by atoms with van der Waals surface area (Å²) < 4.78 is 31.8. The van der Waals surface area contributed by atoms with E-state index in [9.17, 15) is 13.6 Å². The lowest BCUT2D eigenvalue weighted by atomic mass is 10.1. The lowest BCUT2D eigenvalue weighted by molar-refractivity contribution is -0.127. The molecule has 4 heterocycles. The molecule has 1 atom stereocenters. The Morgan fingerprint density at radius 1 is 1.17 bits per heavy atom. The van der Waals surface area contributed by atoms with Crippen LogP contribution in [0.25, 0.3) is 11.2 Å². The highest BCUT2D eigenvalue weighted by Crippen LogP contribution is 2.31. The van der Waals surface area contributed by atoms with Crippen molar-refractivity contribution in [2.75, 3.05) is 62.3 Å². The number of nitrogens with zero attached hydrogens (tertiary/aromatic N) is 7. The Morgan fingerprint density at radius 2 is 1.89 bits per heavy atom. The van der Waals surface area contributed by atoms with Gasteiger partial charge in [0.05, 0.1) is 12.4 Å². The second-order valence-electron chi connectivity index (χ2n) is 9.24. The predicted molar refractivity (Wildman–Crippen MR) is 134 cm³/mol. The van der Waals surface area contributed by atoms with Gasteiger partial charge in [-0.05, 0) is 38.1 Å². The van der Waals surface area contributed by atoms with Gasteiger partial charge >= 0.3 is 0 Å². The minimum absolute atomic E-state index is 0.0291. The van der Waals surface area contributed by atoms with Crippen LogP contribution in [0.1, 0.15) is 18.9 Å². The van der Waals surface area contributed by atoms with Gasteiger partial charge in [0, 0.05) is 45.0 Å². The van der Waals surface area contributed by atoms with E-state index in [1.54, 1.807) is 16.1 Å². The molecule has 2 aliphatic rings. The van der Waals surface area contributed by atoms with Crippen molar-refractivity contribution in [3.05, 3.63) is 42.7 Å². The summed E-state index contributed by atoms with van der Waals surface area (Å²) in [5.74, 6) is -1.19. The second-order valence-corrected chi connectivity index (χ2v) is 9.24. The fraction of sp³-hybridized carbons (Fsp3) is 0.417. The van der Waals surface area contributed by atoms with Crippen molar-refractivity contribution in [2.45, 2.75) is 18.9 Å². The normalized spacial score (nSPS) is 19.0. The number of nitrogens with one attached hydrogen (secondary N) is 1. The Hall–Kier alpha value is -3.80. The number of likely N-dealkylation sites (N-methyl/N-ethyl adjacent to an activating group) is 1. The number of nitrogens with two attached hydrogens (primary N) is 1. The number of piperazine rings is 1. The molecule has 2 aromatic heterocycles. The Kier molecular flexibility index (Phi) is 6.44. The molecule has 2 fully saturated rings. The molecule has 10 nitrogen and oxygen atoms in total. The molecule has 3 N–H and O–H groups in total. The third-order valence-corrected chi connectivity index (χ3v) is 6.82. The maximum Gasteiger partial charge on any atom is 0.246 e. The van der Waals surface area contributed by atoms with Crippen LogP contribution in [0.3, 0.4) is 0 Å². The highest BCUT2D eigenvalue weighted by molar-refractivity contribution is 5.87. The molecule has 0 radical (unpaired) electrons. The molecule has 1 amide bonds. The molecule has 12 heteroatoms. The maximum atomic E-state index is 15.0. The molecule has 2 aliphatic heterocycles. The highest BCUT2D eigenvalue weighted by Gasteiger charge is 2.26. The molecule has 0 aliphatic carbocycles. The van der Waals surface area contributed by atoms with Crippen LogP contribution >= 0.6 is 0 Å². The Balaban J connectivity index is 1.41. The van der Waals surface area contributed by atoms with Gasteiger partial charge in [-0.2, -0.15) is 9.97 Å². The average molecular weight is 498 g/mol. The van der Waals surface area contributed by atoms with Crippen LogP contribution in [0, 0.1) is 11.6 Å². The van der Waals surface area contributed by atoms with Crippen molar-refractivity contribution in [3.8, 4) is 0 Å². The molecular weight excluding hydrogens is 468 g/mol. The molecule has 5 rings (SSSR count). The molecule has 3 aromatic rings. The summed E-state index contributed by atoms with van der Waals surface area (Å²) in [6.45, 7) is 7.30. The van der Waals surface area contributed by atoms with E-state index in [2.05, 4.69) is 31.7 Å². The molecule has 0 bridgehead atoms. The number of benzene rings is 1. The number of anilines is 4. The van der Waals surface area contributed by atoms with Gasteiger partial charge < -0.3 is 30.3 Å². The summed E-state index contributed by atoms with van der Waals surface area (Å²) >= 11 is 0. The lowest BCUT2D eigenvalue weighted by Gasteiger charge is -2.34.